The Balaban J connectivity index is 1.53. The number of hydrogen-bond acceptors (Lipinski definition) is 4. The first kappa shape index (κ1) is 17.7. The van der Waals surface area contributed by atoms with Gasteiger partial charge in [-0.25, -0.2) is 4.98 Å². The van der Waals surface area contributed by atoms with Gasteiger partial charge in [-0.05, 0) is 26.8 Å². The van der Waals surface area contributed by atoms with Crippen LogP contribution in [0.15, 0.2) is 24.8 Å². The van der Waals surface area contributed by atoms with E-state index >= 15 is 0 Å². The SMILES string of the molecule is CC(C)n1cc(C(=O)N2CCCN(CCc3nccn3C)CC2)cn1. The van der Waals surface area contributed by atoms with Gasteiger partial charge in [0.05, 0.1) is 11.8 Å². The molecule has 1 saturated heterocycles. The van der Waals surface area contributed by atoms with Crippen molar-refractivity contribution in [3.05, 3.63) is 36.2 Å². The van der Waals surface area contributed by atoms with Crippen molar-refractivity contribution in [2.24, 2.45) is 7.05 Å². The number of hydrogen-bond donors (Lipinski definition) is 0. The number of imidazole rings is 1. The maximum absolute atomic E-state index is 12.7. The first-order valence-corrected chi connectivity index (χ1v) is 9.06. The zero-order valence-corrected chi connectivity index (χ0v) is 15.4. The Bertz CT molecular complexity index is 704. The molecule has 2 aromatic rings. The fourth-order valence-corrected chi connectivity index (χ4v) is 3.21. The van der Waals surface area contributed by atoms with Crippen LogP contribution in [-0.2, 0) is 13.5 Å². The number of carbonyl (C=O) groups excluding carboxylic acids is 1. The fraction of sp³-hybridized carbons (Fsp3) is 0.611. The van der Waals surface area contributed by atoms with E-state index in [1.165, 1.54) is 0 Å². The van der Waals surface area contributed by atoms with Gasteiger partial charge in [0.15, 0.2) is 0 Å². The molecule has 1 aliphatic rings. The van der Waals surface area contributed by atoms with Crippen molar-refractivity contribution >= 4 is 5.91 Å². The van der Waals surface area contributed by atoms with Crippen molar-refractivity contribution < 1.29 is 4.79 Å². The van der Waals surface area contributed by atoms with Gasteiger partial charge < -0.3 is 14.4 Å². The Morgan fingerprint density at radius 3 is 2.76 bits per heavy atom. The maximum atomic E-state index is 12.7. The molecular formula is C18H28N6O. The highest BCUT2D eigenvalue weighted by Crippen LogP contribution is 2.11. The molecule has 0 spiro atoms. The standard InChI is InChI=1S/C18H28N6O/c1-15(2)24-14-16(13-20-24)18(25)23-8-4-7-22(11-12-23)9-5-17-19-6-10-21(17)3/h6,10,13-15H,4-5,7-9,11-12H2,1-3H3. The predicted molar refractivity (Wildman–Crippen MR) is 96.5 cm³/mol. The summed E-state index contributed by atoms with van der Waals surface area (Å²) in [6.45, 7) is 8.63. The molecule has 2 aromatic heterocycles. The van der Waals surface area contributed by atoms with Crippen LogP contribution in [0.5, 0.6) is 0 Å². The number of rotatable bonds is 5. The Hall–Kier alpha value is -2.15. The molecule has 1 fully saturated rings. The van der Waals surface area contributed by atoms with Gasteiger partial charge in [0.25, 0.3) is 5.91 Å². The van der Waals surface area contributed by atoms with Crippen LogP contribution in [0.4, 0.5) is 0 Å². The summed E-state index contributed by atoms with van der Waals surface area (Å²) in [6.07, 6.45) is 9.32. The highest BCUT2D eigenvalue weighted by Gasteiger charge is 2.21. The van der Waals surface area contributed by atoms with Crippen LogP contribution in [0.1, 0.15) is 42.5 Å². The summed E-state index contributed by atoms with van der Waals surface area (Å²) in [6, 6.07) is 0.271. The van der Waals surface area contributed by atoms with Crippen molar-refractivity contribution in [2.45, 2.75) is 32.7 Å². The summed E-state index contributed by atoms with van der Waals surface area (Å²) in [5.41, 5.74) is 0.690. The Kier molecular flexibility index (Phi) is 5.53. The summed E-state index contributed by atoms with van der Waals surface area (Å²) in [5.74, 6) is 1.20. The van der Waals surface area contributed by atoms with Crippen molar-refractivity contribution in [2.75, 3.05) is 32.7 Å². The molecule has 1 amide bonds. The van der Waals surface area contributed by atoms with Gasteiger partial charge in [0, 0.05) is 64.3 Å². The third-order valence-corrected chi connectivity index (χ3v) is 4.83. The largest absolute Gasteiger partial charge is 0.338 e. The first-order valence-electron chi connectivity index (χ1n) is 9.06. The van der Waals surface area contributed by atoms with Gasteiger partial charge in [-0.15, -0.1) is 0 Å². The second-order valence-electron chi connectivity index (χ2n) is 6.99. The van der Waals surface area contributed by atoms with E-state index in [0.29, 0.717) is 5.56 Å². The molecule has 25 heavy (non-hydrogen) atoms. The van der Waals surface area contributed by atoms with Crippen molar-refractivity contribution in [3.63, 3.8) is 0 Å². The number of amides is 1. The highest BCUT2D eigenvalue weighted by atomic mass is 16.2. The molecule has 7 nitrogen and oxygen atoms in total. The number of aromatic nitrogens is 4. The monoisotopic (exact) mass is 344 g/mol. The minimum atomic E-state index is 0.0952. The van der Waals surface area contributed by atoms with Gasteiger partial charge in [0.1, 0.15) is 5.82 Å². The van der Waals surface area contributed by atoms with E-state index in [4.69, 9.17) is 0 Å². The number of aryl methyl sites for hydroxylation is 1. The van der Waals surface area contributed by atoms with E-state index in [1.54, 1.807) is 6.20 Å². The zero-order chi connectivity index (χ0) is 17.8. The van der Waals surface area contributed by atoms with Gasteiger partial charge in [0.2, 0.25) is 0 Å². The molecular weight excluding hydrogens is 316 g/mol. The third-order valence-electron chi connectivity index (χ3n) is 4.83. The molecule has 7 heteroatoms. The Morgan fingerprint density at radius 2 is 2.08 bits per heavy atom. The van der Waals surface area contributed by atoms with E-state index in [2.05, 4.69) is 33.4 Å². The Labute approximate surface area is 149 Å². The molecule has 0 radical (unpaired) electrons. The average Bonchev–Trinajstić information content (AvgIpc) is 3.17. The van der Waals surface area contributed by atoms with Crippen LogP contribution in [0.2, 0.25) is 0 Å². The molecule has 0 saturated carbocycles. The molecule has 3 heterocycles. The molecule has 3 rings (SSSR count). The topological polar surface area (TPSA) is 59.2 Å². The van der Waals surface area contributed by atoms with Crippen LogP contribution < -0.4 is 0 Å². The van der Waals surface area contributed by atoms with E-state index < -0.39 is 0 Å². The van der Waals surface area contributed by atoms with Gasteiger partial charge in [-0.3, -0.25) is 9.48 Å². The van der Waals surface area contributed by atoms with Crippen LogP contribution in [0.3, 0.4) is 0 Å². The molecule has 0 aliphatic carbocycles. The minimum absolute atomic E-state index is 0.0952. The van der Waals surface area contributed by atoms with E-state index in [-0.39, 0.29) is 11.9 Å². The van der Waals surface area contributed by atoms with Crippen LogP contribution in [-0.4, -0.2) is 67.8 Å². The lowest BCUT2D eigenvalue weighted by Gasteiger charge is -2.21. The highest BCUT2D eigenvalue weighted by molar-refractivity contribution is 5.93. The quantitative estimate of drug-likeness (QED) is 0.826. The lowest BCUT2D eigenvalue weighted by atomic mass is 10.3. The first-order chi connectivity index (χ1) is 12.0. The van der Waals surface area contributed by atoms with Crippen LogP contribution >= 0.6 is 0 Å². The molecule has 0 aromatic carbocycles. The predicted octanol–water partition coefficient (Wildman–Crippen LogP) is 1.59. The normalized spacial score (nSPS) is 16.4. The lowest BCUT2D eigenvalue weighted by Crippen LogP contribution is -2.35. The summed E-state index contributed by atoms with van der Waals surface area (Å²) < 4.78 is 3.91. The van der Waals surface area contributed by atoms with E-state index in [1.807, 2.05) is 35.2 Å². The summed E-state index contributed by atoms with van der Waals surface area (Å²) >= 11 is 0. The lowest BCUT2D eigenvalue weighted by molar-refractivity contribution is 0.0761. The fourth-order valence-electron chi connectivity index (χ4n) is 3.21. The van der Waals surface area contributed by atoms with Gasteiger partial charge >= 0.3 is 0 Å². The maximum Gasteiger partial charge on any atom is 0.257 e. The molecule has 1 aliphatic heterocycles. The average molecular weight is 344 g/mol. The second-order valence-corrected chi connectivity index (χ2v) is 6.99. The van der Waals surface area contributed by atoms with Gasteiger partial charge in [-0.1, -0.05) is 0 Å². The molecule has 0 bridgehead atoms. The molecule has 0 N–H and O–H groups in total. The summed E-state index contributed by atoms with van der Waals surface area (Å²) in [7, 11) is 2.03. The van der Waals surface area contributed by atoms with Crippen molar-refractivity contribution in [1.82, 2.24) is 29.1 Å². The third kappa shape index (κ3) is 4.28. The van der Waals surface area contributed by atoms with Crippen LogP contribution in [0.25, 0.3) is 0 Å². The smallest absolute Gasteiger partial charge is 0.257 e. The number of nitrogens with zero attached hydrogens (tertiary/aromatic N) is 6. The van der Waals surface area contributed by atoms with Crippen molar-refractivity contribution in [3.8, 4) is 0 Å². The Morgan fingerprint density at radius 1 is 1.24 bits per heavy atom. The van der Waals surface area contributed by atoms with Crippen molar-refractivity contribution in [1.29, 1.82) is 0 Å². The number of carbonyl (C=O) groups is 1. The van der Waals surface area contributed by atoms with E-state index in [9.17, 15) is 4.79 Å². The van der Waals surface area contributed by atoms with E-state index in [0.717, 1.165) is 51.4 Å². The molecule has 0 atom stereocenters. The van der Waals surface area contributed by atoms with Gasteiger partial charge in [-0.2, -0.15) is 5.10 Å². The minimum Gasteiger partial charge on any atom is -0.338 e. The summed E-state index contributed by atoms with van der Waals surface area (Å²) in [5, 5.41) is 4.29. The second kappa shape index (κ2) is 7.82. The summed E-state index contributed by atoms with van der Waals surface area (Å²) in [4.78, 5) is 21.5. The zero-order valence-electron chi connectivity index (χ0n) is 15.4. The molecule has 0 unspecified atom stereocenters. The van der Waals surface area contributed by atoms with Crippen LogP contribution in [0, 0.1) is 0 Å². The molecule has 136 valence electrons.